The van der Waals surface area contributed by atoms with E-state index in [1.54, 1.807) is 7.11 Å². The Kier molecular flexibility index (Phi) is 4.93. The first-order chi connectivity index (χ1) is 9.19. The predicted molar refractivity (Wildman–Crippen MR) is 76.0 cm³/mol. The fourth-order valence-electron chi connectivity index (χ4n) is 2.52. The summed E-state index contributed by atoms with van der Waals surface area (Å²) in [5, 5.41) is 6.37. The van der Waals surface area contributed by atoms with E-state index >= 15 is 0 Å². The number of carbonyl (C=O) groups is 1. The number of carbonyl (C=O) groups excluding carboxylic acids is 1. The van der Waals surface area contributed by atoms with Gasteiger partial charge in [0.15, 0.2) is 0 Å². The second kappa shape index (κ2) is 6.68. The lowest BCUT2D eigenvalue weighted by Crippen LogP contribution is -2.40. The molecule has 0 radical (unpaired) electrons. The number of anilines is 1. The standard InChI is InChI=1S/C15H22N2O2/c1-11-8-13(6-7-16-11)15(18)17-14-5-3-4-12(9-14)10-19-2/h3-5,9,11,13,16H,6-8,10H2,1-2H3,(H,17,18)/t11-,13-/m0/s1. The third kappa shape index (κ3) is 4.04. The van der Waals surface area contributed by atoms with Gasteiger partial charge in [0.05, 0.1) is 6.61 Å². The van der Waals surface area contributed by atoms with Crippen molar-refractivity contribution in [3.05, 3.63) is 29.8 Å². The summed E-state index contributed by atoms with van der Waals surface area (Å²) >= 11 is 0. The minimum absolute atomic E-state index is 0.113. The fraction of sp³-hybridized carbons (Fsp3) is 0.533. The van der Waals surface area contributed by atoms with Crippen LogP contribution < -0.4 is 10.6 Å². The third-order valence-electron chi connectivity index (χ3n) is 3.50. The highest BCUT2D eigenvalue weighted by Gasteiger charge is 2.24. The quantitative estimate of drug-likeness (QED) is 0.874. The maximum atomic E-state index is 12.2. The first-order valence-electron chi connectivity index (χ1n) is 6.81. The highest BCUT2D eigenvalue weighted by Crippen LogP contribution is 2.19. The summed E-state index contributed by atoms with van der Waals surface area (Å²) in [4.78, 5) is 12.2. The second-order valence-corrected chi connectivity index (χ2v) is 5.20. The molecule has 4 nitrogen and oxygen atoms in total. The highest BCUT2D eigenvalue weighted by atomic mass is 16.5. The van der Waals surface area contributed by atoms with Crippen molar-refractivity contribution < 1.29 is 9.53 Å². The third-order valence-corrected chi connectivity index (χ3v) is 3.50. The van der Waals surface area contributed by atoms with Gasteiger partial charge in [-0.3, -0.25) is 4.79 Å². The van der Waals surface area contributed by atoms with E-state index in [1.165, 1.54) is 0 Å². The van der Waals surface area contributed by atoms with Gasteiger partial charge in [0.1, 0.15) is 0 Å². The molecule has 19 heavy (non-hydrogen) atoms. The SMILES string of the molecule is COCc1cccc(NC(=O)[C@H]2CCN[C@@H](C)C2)c1. The molecule has 1 aliphatic rings. The van der Waals surface area contributed by atoms with Crippen LogP contribution in [0.25, 0.3) is 0 Å². The molecular formula is C15H22N2O2. The summed E-state index contributed by atoms with van der Waals surface area (Å²) in [6.07, 6.45) is 1.82. The molecule has 2 rings (SSSR count). The van der Waals surface area contributed by atoms with Crippen molar-refractivity contribution in [1.82, 2.24) is 5.32 Å². The molecule has 1 aliphatic heterocycles. The molecule has 0 spiro atoms. The van der Waals surface area contributed by atoms with Crippen molar-refractivity contribution in [3.63, 3.8) is 0 Å². The number of piperidine rings is 1. The lowest BCUT2D eigenvalue weighted by molar-refractivity contribution is -0.120. The molecule has 2 N–H and O–H groups in total. The van der Waals surface area contributed by atoms with E-state index in [0.717, 1.165) is 30.6 Å². The molecule has 0 aromatic heterocycles. The molecule has 1 aromatic carbocycles. The van der Waals surface area contributed by atoms with Gasteiger partial charge < -0.3 is 15.4 Å². The van der Waals surface area contributed by atoms with Crippen molar-refractivity contribution in [2.45, 2.75) is 32.4 Å². The summed E-state index contributed by atoms with van der Waals surface area (Å²) in [5.41, 5.74) is 1.92. The second-order valence-electron chi connectivity index (χ2n) is 5.20. The van der Waals surface area contributed by atoms with Crippen molar-refractivity contribution in [2.75, 3.05) is 19.0 Å². The number of hydrogen-bond acceptors (Lipinski definition) is 3. The van der Waals surface area contributed by atoms with E-state index in [-0.39, 0.29) is 11.8 Å². The minimum atomic E-state index is 0.113. The average molecular weight is 262 g/mol. The molecule has 0 aliphatic carbocycles. The molecule has 0 saturated carbocycles. The fourth-order valence-corrected chi connectivity index (χ4v) is 2.52. The number of rotatable bonds is 4. The monoisotopic (exact) mass is 262 g/mol. The van der Waals surface area contributed by atoms with E-state index in [1.807, 2.05) is 24.3 Å². The number of nitrogens with one attached hydrogen (secondary N) is 2. The molecule has 0 bridgehead atoms. The van der Waals surface area contributed by atoms with Crippen LogP contribution in [-0.4, -0.2) is 25.6 Å². The zero-order chi connectivity index (χ0) is 13.7. The zero-order valence-corrected chi connectivity index (χ0v) is 11.6. The van der Waals surface area contributed by atoms with Crippen LogP contribution in [0.15, 0.2) is 24.3 Å². The summed E-state index contributed by atoms with van der Waals surface area (Å²) in [5.74, 6) is 0.241. The van der Waals surface area contributed by atoms with Crippen LogP contribution in [0, 0.1) is 5.92 Å². The van der Waals surface area contributed by atoms with Crippen LogP contribution in [0.3, 0.4) is 0 Å². The van der Waals surface area contributed by atoms with Gasteiger partial charge in [0, 0.05) is 24.8 Å². The Morgan fingerprint density at radius 1 is 1.53 bits per heavy atom. The number of hydrogen-bond donors (Lipinski definition) is 2. The smallest absolute Gasteiger partial charge is 0.227 e. The Hall–Kier alpha value is -1.39. The number of ether oxygens (including phenoxy) is 1. The van der Waals surface area contributed by atoms with Gasteiger partial charge in [-0.05, 0) is 44.0 Å². The van der Waals surface area contributed by atoms with Gasteiger partial charge in [-0.25, -0.2) is 0 Å². The molecular weight excluding hydrogens is 240 g/mol. The summed E-state index contributed by atoms with van der Waals surface area (Å²) < 4.78 is 5.10. The maximum absolute atomic E-state index is 12.2. The van der Waals surface area contributed by atoms with Crippen LogP contribution in [-0.2, 0) is 16.1 Å². The van der Waals surface area contributed by atoms with Crippen molar-refractivity contribution in [3.8, 4) is 0 Å². The van der Waals surface area contributed by atoms with Crippen molar-refractivity contribution in [2.24, 2.45) is 5.92 Å². The predicted octanol–water partition coefficient (Wildman–Crippen LogP) is 2.16. The highest BCUT2D eigenvalue weighted by molar-refractivity contribution is 5.92. The minimum Gasteiger partial charge on any atom is -0.380 e. The van der Waals surface area contributed by atoms with Crippen LogP contribution >= 0.6 is 0 Å². The lowest BCUT2D eigenvalue weighted by Gasteiger charge is -2.27. The Bertz CT molecular complexity index is 434. The Morgan fingerprint density at radius 3 is 3.11 bits per heavy atom. The number of benzene rings is 1. The van der Waals surface area contributed by atoms with Gasteiger partial charge in [0.2, 0.25) is 5.91 Å². The number of amides is 1. The molecule has 4 heteroatoms. The van der Waals surface area contributed by atoms with Gasteiger partial charge >= 0.3 is 0 Å². The van der Waals surface area contributed by atoms with Gasteiger partial charge in [-0.15, -0.1) is 0 Å². The van der Waals surface area contributed by atoms with Gasteiger partial charge in [-0.2, -0.15) is 0 Å². The Labute approximate surface area is 114 Å². The molecule has 1 saturated heterocycles. The van der Waals surface area contributed by atoms with E-state index in [0.29, 0.717) is 12.6 Å². The zero-order valence-electron chi connectivity index (χ0n) is 11.6. The van der Waals surface area contributed by atoms with E-state index < -0.39 is 0 Å². The first-order valence-corrected chi connectivity index (χ1v) is 6.81. The molecule has 1 heterocycles. The largest absolute Gasteiger partial charge is 0.380 e. The topological polar surface area (TPSA) is 50.4 Å². The van der Waals surface area contributed by atoms with Crippen LogP contribution in [0.1, 0.15) is 25.3 Å². The molecule has 0 unspecified atom stereocenters. The summed E-state index contributed by atoms with van der Waals surface area (Å²) in [6, 6.07) is 8.23. The Balaban J connectivity index is 1.96. The molecule has 1 amide bonds. The van der Waals surface area contributed by atoms with Crippen LogP contribution in [0.4, 0.5) is 5.69 Å². The molecule has 2 atom stereocenters. The normalized spacial score (nSPS) is 23.1. The number of methoxy groups -OCH3 is 1. The lowest BCUT2D eigenvalue weighted by atomic mass is 9.92. The maximum Gasteiger partial charge on any atom is 0.227 e. The van der Waals surface area contributed by atoms with E-state index in [2.05, 4.69) is 17.6 Å². The molecule has 104 valence electrons. The molecule has 1 fully saturated rings. The van der Waals surface area contributed by atoms with E-state index in [4.69, 9.17) is 4.74 Å². The van der Waals surface area contributed by atoms with Crippen molar-refractivity contribution in [1.29, 1.82) is 0 Å². The van der Waals surface area contributed by atoms with Crippen LogP contribution in [0.2, 0.25) is 0 Å². The summed E-state index contributed by atoms with van der Waals surface area (Å²) in [7, 11) is 1.67. The summed E-state index contributed by atoms with van der Waals surface area (Å²) in [6.45, 7) is 3.61. The first kappa shape index (κ1) is 14.0. The average Bonchev–Trinajstić information content (AvgIpc) is 2.39. The van der Waals surface area contributed by atoms with Gasteiger partial charge in [0.25, 0.3) is 0 Å². The Morgan fingerprint density at radius 2 is 2.37 bits per heavy atom. The van der Waals surface area contributed by atoms with Crippen LogP contribution in [0.5, 0.6) is 0 Å². The van der Waals surface area contributed by atoms with Gasteiger partial charge in [-0.1, -0.05) is 12.1 Å². The molecule has 1 aromatic rings. The van der Waals surface area contributed by atoms with Crippen molar-refractivity contribution >= 4 is 11.6 Å². The van der Waals surface area contributed by atoms with E-state index in [9.17, 15) is 4.79 Å².